The number of carbonyl (C=O) groups is 1. The first-order chi connectivity index (χ1) is 8.27. The first-order valence-corrected chi connectivity index (χ1v) is 5.30. The predicted molar refractivity (Wildman–Crippen MR) is 62.6 cm³/mol. The van der Waals surface area contributed by atoms with E-state index in [1.54, 1.807) is 12.3 Å². The molecule has 2 rings (SSSR count). The highest BCUT2D eigenvalue weighted by molar-refractivity contribution is 5.76. The van der Waals surface area contributed by atoms with Crippen molar-refractivity contribution in [3.8, 4) is 0 Å². The summed E-state index contributed by atoms with van der Waals surface area (Å²) < 4.78 is 0. The summed E-state index contributed by atoms with van der Waals surface area (Å²) in [5.74, 6) is -1.40. The minimum Gasteiger partial charge on any atom is -0.481 e. The molecule has 0 aliphatic rings. The zero-order chi connectivity index (χ0) is 12.1. The molecule has 17 heavy (non-hydrogen) atoms. The van der Waals surface area contributed by atoms with E-state index < -0.39 is 11.9 Å². The molecule has 0 amide bonds. The van der Waals surface area contributed by atoms with Gasteiger partial charge in [0.2, 0.25) is 0 Å². The Morgan fingerprint density at radius 1 is 1.24 bits per heavy atom. The number of hydrogen-bond acceptors (Lipinski definition) is 3. The van der Waals surface area contributed by atoms with Gasteiger partial charge in [0.1, 0.15) is 6.33 Å². The molecular weight excluding hydrogens is 216 g/mol. The smallest absolute Gasteiger partial charge is 0.311 e. The molecule has 0 bridgehead atoms. The molecule has 1 aromatic heterocycles. The average molecular weight is 228 g/mol. The van der Waals surface area contributed by atoms with Crippen LogP contribution in [0.5, 0.6) is 0 Å². The average Bonchev–Trinajstić information content (AvgIpc) is 2.38. The van der Waals surface area contributed by atoms with Crippen LogP contribution in [-0.4, -0.2) is 21.0 Å². The molecule has 4 nitrogen and oxygen atoms in total. The monoisotopic (exact) mass is 228 g/mol. The van der Waals surface area contributed by atoms with Crippen molar-refractivity contribution in [3.05, 3.63) is 60.2 Å². The fourth-order valence-corrected chi connectivity index (χ4v) is 1.68. The maximum Gasteiger partial charge on any atom is 0.311 e. The summed E-state index contributed by atoms with van der Waals surface area (Å²) in [6, 6.07) is 10.9. The van der Waals surface area contributed by atoms with Gasteiger partial charge in [-0.2, -0.15) is 0 Å². The molecule has 0 spiro atoms. The molecule has 0 fully saturated rings. The lowest BCUT2D eigenvalue weighted by atomic mass is 9.94. The van der Waals surface area contributed by atoms with Crippen molar-refractivity contribution in [1.29, 1.82) is 0 Å². The van der Waals surface area contributed by atoms with Gasteiger partial charge in [0.05, 0.1) is 5.92 Å². The second kappa shape index (κ2) is 5.21. The summed E-state index contributed by atoms with van der Waals surface area (Å²) in [4.78, 5) is 19.1. The van der Waals surface area contributed by atoms with E-state index in [0.29, 0.717) is 6.42 Å². The fraction of sp³-hybridized carbons (Fsp3) is 0.154. The van der Waals surface area contributed by atoms with Crippen molar-refractivity contribution >= 4 is 5.97 Å². The van der Waals surface area contributed by atoms with E-state index in [9.17, 15) is 9.90 Å². The summed E-state index contributed by atoms with van der Waals surface area (Å²) in [6.07, 6.45) is 3.42. The Labute approximate surface area is 99.0 Å². The lowest BCUT2D eigenvalue weighted by Crippen LogP contribution is -2.15. The van der Waals surface area contributed by atoms with E-state index in [0.717, 1.165) is 11.3 Å². The molecule has 0 aliphatic carbocycles. The number of aromatic nitrogens is 2. The van der Waals surface area contributed by atoms with E-state index in [2.05, 4.69) is 9.97 Å². The van der Waals surface area contributed by atoms with Crippen molar-refractivity contribution < 1.29 is 9.90 Å². The van der Waals surface area contributed by atoms with Gasteiger partial charge in [-0.3, -0.25) is 4.79 Å². The molecule has 86 valence electrons. The standard InChI is InChI=1S/C13H12N2O2/c16-13(17)12(10-4-2-1-3-5-10)8-11-6-7-14-9-15-11/h1-7,9,12H,8H2,(H,16,17)/t12-/m0/s1. The van der Waals surface area contributed by atoms with Crippen molar-refractivity contribution in [3.63, 3.8) is 0 Å². The Balaban J connectivity index is 2.23. The Bertz CT molecular complexity index is 485. The third-order valence-electron chi connectivity index (χ3n) is 2.56. The zero-order valence-electron chi connectivity index (χ0n) is 9.15. The topological polar surface area (TPSA) is 63.1 Å². The SMILES string of the molecule is O=C(O)[C@@H](Cc1ccncn1)c1ccccc1. The van der Waals surface area contributed by atoms with Crippen LogP contribution in [-0.2, 0) is 11.2 Å². The highest BCUT2D eigenvalue weighted by Crippen LogP contribution is 2.19. The molecular formula is C13H12N2O2. The van der Waals surface area contributed by atoms with Crippen LogP contribution in [0, 0.1) is 0 Å². The van der Waals surface area contributed by atoms with Gasteiger partial charge in [0.25, 0.3) is 0 Å². The van der Waals surface area contributed by atoms with Crippen LogP contribution in [0.4, 0.5) is 0 Å². The second-order valence-corrected chi connectivity index (χ2v) is 3.71. The number of aliphatic carboxylic acids is 1. The third kappa shape index (κ3) is 2.87. The minimum atomic E-state index is -0.838. The van der Waals surface area contributed by atoms with Crippen LogP contribution < -0.4 is 0 Å². The molecule has 2 aromatic rings. The quantitative estimate of drug-likeness (QED) is 0.867. The molecule has 1 atom stereocenters. The second-order valence-electron chi connectivity index (χ2n) is 3.71. The van der Waals surface area contributed by atoms with Gasteiger partial charge in [-0.1, -0.05) is 30.3 Å². The van der Waals surface area contributed by atoms with E-state index >= 15 is 0 Å². The summed E-state index contributed by atoms with van der Waals surface area (Å²) in [5.41, 5.74) is 1.52. The Morgan fingerprint density at radius 2 is 2.00 bits per heavy atom. The van der Waals surface area contributed by atoms with Crippen LogP contribution in [0.25, 0.3) is 0 Å². The number of benzene rings is 1. The highest BCUT2D eigenvalue weighted by atomic mass is 16.4. The maximum atomic E-state index is 11.3. The first-order valence-electron chi connectivity index (χ1n) is 5.30. The summed E-state index contributed by atoms with van der Waals surface area (Å²) >= 11 is 0. The van der Waals surface area contributed by atoms with Crippen molar-refractivity contribution in [2.24, 2.45) is 0 Å². The number of hydrogen-bond donors (Lipinski definition) is 1. The van der Waals surface area contributed by atoms with Gasteiger partial charge in [-0.25, -0.2) is 9.97 Å². The van der Waals surface area contributed by atoms with E-state index in [4.69, 9.17) is 0 Å². The molecule has 1 heterocycles. The minimum absolute atomic E-state index is 0.377. The van der Waals surface area contributed by atoms with Gasteiger partial charge in [-0.15, -0.1) is 0 Å². The number of rotatable bonds is 4. The van der Waals surface area contributed by atoms with Crippen molar-refractivity contribution in [2.45, 2.75) is 12.3 Å². The highest BCUT2D eigenvalue weighted by Gasteiger charge is 2.20. The van der Waals surface area contributed by atoms with Gasteiger partial charge < -0.3 is 5.11 Å². The van der Waals surface area contributed by atoms with Gasteiger partial charge in [0, 0.05) is 18.3 Å². The van der Waals surface area contributed by atoms with Crippen LogP contribution in [0.3, 0.4) is 0 Å². The zero-order valence-corrected chi connectivity index (χ0v) is 9.15. The molecule has 0 unspecified atom stereocenters. The summed E-state index contributed by atoms with van der Waals surface area (Å²) in [6.45, 7) is 0. The Hall–Kier alpha value is -2.23. The lowest BCUT2D eigenvalue weighted by molar-refractivity contribution is -0.138. The van der Waals surface area contributed by atoms with Crippen molar-refractivity contribution in [1.82, 2.24) is 9.97 Å². The number of carboxylic acids is 1. The molecule has 0 radical (unpaired) electrons. The molecule has 4 heteroatoms. The van der Waals surface area contributed by atoms with E-state index in [1.807, 2.05) is 30.3 Å². The van der Waals surface area contributed by atoms with Crippen LogP contribution >= 0.6 is 0 Å². The van der Waals surface area contributed by atoms with Crippen LogP contribution in [0.15, 0.2) is 48.9 Å². The van der Waals surface area contributed by atoms with E-state index in [-0.39, 0.29) is 0 Å². The Morgan fingerprint density at radius 3 is 2.59 bits per heavy atom. The first kappa shape index (κ1) is 11.3. The molecule has 1 aromatic carbocycles. The van der Waals surface area contributed by atoms with Crippen LogP contribution in [0.1, 0.15) is 17.2 Å². The molecule has 0 saturated heterocycles. The van der Waals surface area contributed by atoms with Gasteiger partial charge in [0.15, 0.2) is 0 Å². The molecule has 0 aliphatic heterocycles. The van der Waals surface area contributed by atoms with Gasteiger partial charge in [-0.05, 0) is 11.6 Å². The largest absolute Gasteiger partial charge is 0.481 e. The van der Waals surface area contributed by atoms with E-state index in [1.165, 1.54) is 6.33 Å². The number of nitrogens with zero attached hydrogens (tertiary/aromatic N) is 2. The lowest BCUT2D eigenvalue weighted by Gasteiger charge is -2.11. The number of carboxylic acid groups (broad SMARTS) is 1. The maximum absolute atomic E-state index is 11.3. The van der Waals surface area contributed by atoms with Crippen LogP contribution in [0.2, 0.25) is 0 Å². The third-order valence-corrected chi connectivity index (χ3v) is 2.56. The summed E-state index contributed by atoms with van der Waals surface area (Å²) in [5, 5.41) is 9.24. The normalized spacial score (nSPS) is 12.0. The summed E-state index contributed by atoms with van der Waals surface area (Å²) in [7, 11) is 0. The molecule has 1 N–H and O–H groups in total. The predicted octanol–water partition coefficient (Wildman–Crippen LogP) is 1.89. The van der Waals surface area contributed by atoms with Crippen molar-refractivity contribution in [2.75, 3.05) is 0 Å². The fourth-order valence-electron chi connectivity index (χ4n) is 1.68. The van der Waals surface area contributed by atoms with Gasteiger partial charge >= 0.3 is 5.97 Å². The Kier molecular flexibility index (Phi) is 3.45. The molecule has 0 saturated carbocycles.